The fourth-order valence-corrected chi connectivity index (χ4v) is 5.31. The van der Waals surface area contributed by atoms with E-state index < -0.39 is 0 Å². The first-order valence-electron chi connectivity index (χ1n) is 13.8. The predicted octanol–water partition coefficient (Wildman–Crippen LogP) is 6.78. The number of ether oxygens (including phenoxy) is 1. The summed E-state index contributed by atoms with van der Waals surface area (Å²) >= 11 is 0. The van der Waals surface area contributed by atoms with Gasteiger partial charge in [-0.1, -0.05) is 48.5 Å². The Labute approximate surface area is 245 Å². The van der Waals surface area contributed by atoms with Crippen LogP contribution in [0.5, 0.6) is 34.5 Å². The lowest BCUT2D eigenvalue weighted by molar-refractivity contribution is 0.401. The number of hydrogen-bond acceptors (Lipinski definition) is 6. The second-order valence-corrected chi connectivity index (χ2v) is 10.5. The molecule has 0 aliphatic rings. The van der Waals surface area contributed by atoms with Gasteiger partial charge < -0.3 is 30.3 Å². The standard InChI is InChI=1S/C36H34O6/c1-42-36-22-35(41)32(19-24-5-13-29(38)14-6-24)31(33(36)20-25-7-15-30(39)16-8-25)17-9-26-2-10-27(34(40)21-26)18-23-3-11-28(37)12-4-23/h2-8,10-16,21-22,37-41H,9,17-20H2,1H3. The van der Waals surface area contributed by atoms with Gasteiger partial charge in [0.25, 0.3) is 0 Å². The molecule has 6 heteroatoms. The maximum Gasteiger partial charge on any atom is 0.126 e. The fourth-order valence-electron chi connectivity index (χ4n) is 5.31. The van der Waals surface area contributed by atoms with Crippen molar-refractivity contribution in [3.05, 3.63) is 142 Å². The van der Waals surface area contributed by atoms with Crippen molar-refractivity contribution in [3.63, 3.8) is 0 Å². The highest BCUT2D eigenvalue weighted by molar-refractivity contribution is 5.56. The molecule has 0 bridgehead atoms. The Balaban J connectivity index is 1.48. The molecular weight excluding hydrogens is 528 g/mol. The van der Waals surface area contributed by atoms with Gasteiger partial charge in [-0.15, -0.1) is 0 Å². The molecule has 0 saturated carbocycles. The molecule has 0 amide bonds. The summed E-state index contributed by atoms with van der Waals surface area (Å²) in [6, 6.07) is 28.3. The summed E-state index contributed by atoms with van der Waals surface area (Å²) in [6.45, 7) is 0. The molecule has 5 rings (SSSR count). The smallest absolute Gasteiger partial charge is 0.126 e. The van der Waals surface area contributed by atoms with Crippen LogP contribution in [-0.4, -0.2) is 32.6 Å². The Hall–Kier alpha value is -5.10. The Morgan fingerprint density at radius 1 is 0.452 bits per heavy atom. The number of methoxy groups -OCH3 is 1. The molecular formula is C36H34O6. The van der Waals surface area contributed by atoms with Crippen molar-refractivity contribution in [1.29, 1.82) is 0 Å². The van der Waals surface area contributed by atoms with E-state index in [1.165, 1.54) is 0 Å². The maximum atomic E-state index is 11.2. The Morgan fingerprint density at radius 3 is 1.43 bits per heavy atom. The van der Waals surface area contributed by atoms with Crippen LogP contribution in [0.3, 0.4) is 0 Å². The van der Waals surface area contributed by atoms with Crippen LogP contribution in [0.1, 0.15) is 44.5 Å². The van der Waals surface area contributed by atoms with Crippen LogP contribution in [0.2, 0.25) is 0 Å². The number of aromatic hydroxyl groups is 5. The zero-order valence-corrected chi connectivity index (χ0v) is 23.4. The summed E-state index contributed by atoms with van der Waals surface area (Å²) in [4.78, 5) is 0. The summed E-state index contributed by atoms with van der Waals surface area (Å²) in [6.07, 6.45) is 2.75. The van der Waals surface area contributed by atoms with E-state index in [0.29, 0.717) is 37.9 Å². The van der Waals surface area contributed by atoms with Crippen molar-refractivity contribution in [2.75, 3.05) is 7.11 Å². The Bertz CT molecular complexity index is 1660. The SMILES string of the molecule is COc1cc(O)c(Cc2ccc(O)cc2)c(CCc2ccc(Cc3ccc(O)cc3)c(O)c2)c1Cc1ccc(O)cc1. The third-order valence-corrected chi connectivity index (χ3v) is 7.60. The number of phenolic OH excluding ortho intramolecular Hbond substituents is 5. The second kappa shape index (κ2) is 12.6. The average molecular weight is 563 g/mol. The lowest BCUT2D eigenvalue weighted by atomic mass is 9.87. The third-order valence-electron chi connectivity index (χ3n) is 7.60. The zero-order chi connectivity index (χ0) is 29.6. The largest absolute Gasteiger partial charge is 0.508 e. The van der Waals surface area contributed by atoms with E-state index in [2.05, 4.69) is 0 Å². The highest BCUT2D eigenvalue weighted by Crippen LogP contribution is 2.37. The van der Waals surface area contributed by atoms with Gasteiger partial charge in [0, 0.05) is 36.5 Å². The van der Waals surface area contributed by atoms with E-state index in [4.69, 9.17) is 4.74 Å². The highest BCUT2D eigenvalue weighted by Gasteiger charge is 2.20. The predicted molar refractivity (Wildman–Crippen MR) is 163 cm³/mol. The zero-order valence-electron chi connectivity index (χ0n) is 23.4. The third kappa shape index (κ3) is 6.78. The van der Waals surface area contributed by atoms with E-state index in [1.807, 2.05) is 48.5 Å². The molecule has 5 N–H and O–H groups in total. The lowest BCUT2D eigenvalue weighted by Gasteiger charge is -2.21. The first kappa shape index (κ1) is 28.4. The van der Waals surface area contributed by atoms with Crippen molar-refractivity contribution in [1.82, 2.24) is 0 Å². The van der Waals surface area contributed by atoms with Crippen LogP contribution in [0.15, 0.2) is 97.1 Å². The number of aryl methyl sites for hydroxylation is 1. The van der Waals surface area contributed by atoms with Gasteiger partial charge >= 0.3 is 0 Å². The molecule has 0 spiro atoms. The maximum absolute atomic E-state index is 11.2. The second-order valence-electron chi connectivity index (χ2n) is 10.5. The van der Waals surface area contributed by atoms with Crippen LogP contribution < -0.4 is 4.74 Å². The monoisotopic (exact) mass is 562 g/mol. The van der Waals surface area contributed by atoms with Gasteiger partial charge in [0.2, 0.25) is 0 Å². The molecule has 5 aromatic rings. The summed E-state index contributed by atoms with van der Waals surface area (Å²) in [5.41, 5.74) is 7.36. The molecule has 6 nitrogen and oxygen atoms in total. The van der Waals surface area contributed by atoms with Crippen molar-refractivity contribution in [2.24, 2.45) is 0 Å². The fraction of sp³-hybridized carbons (Fsp3) is 0.167. The molecule has 0 unspecified atom stereocenters. The number of hydrogen-bond donors (Lipinski definition) is 5. The van der Waals surface area contributed by atoms with Crippen molar-refractivity contribution in [3.8, 4) is 34.5 Å². The molecule has 214 valence electrons. The van der Waals surface area contributed by atoms with Crippen LogP contribution >= 0.6 is 0 Å². The minimum atomic E-state index is 0.136. The van der Waals surface area contributed by atoms with Gasteiger partial charge in [0.15, 0.2) is 0 Å². The molecule has 0 fully saturated rings. The van der Waals surface area contributed by atoms with E-state index in [9.17, 15) is 25.5 Å². The topological polar surface area (TPSA) is 110 Å². The molecule has 0 atom stereocenters. The molecule has 42 heavy (non-hydrogen) atoms. The molecule has 0 aliphatic carbocycles. The number of benzene rings is 5. The lowest BCUT2D eigenvalue weighted by Crippen LogP contribution is -2.07. The minimum absolute atomic E-state index is 0.136. The van der Waals surface area contributed by atoms with Crippen molar-refractivity contribution >= 4 is 0 Å². The van der Waals surface area contributed by atoms with Crippen LogP contribution in [0.4, 0.5) is 0 Å². The highest BCUT2D eigenvalue weighted by atomic mass is 16.5. The first-order valence-corrected chi connectivity index (χ1v) is 13.8. The summed E-state index contributed by atoms with van der Waals surface area (Å²) in [5, 5.41) is 51.1. The van der Waals surface area contributed by atoms with Gasteiger partial charge in [0.1, 0.15) is 34.5 Å². The van der Waals surface area contributed by atoms with Crippen molar-refractivity contribution in [2.45, 2.75) is 32.1 Å². The van der Waals surface area contributed by atoms with Crippen LogP contribution in [-0.2, 0) is 32.1 Å². The van der Waals surface area contributed by atoms with Gasteiger partial charge in [-0.2, -0.15) is 0 Å². The van der Waals surface area contributed by atoms with Gasteiger partial charge in [-0.05, 0) is 88.7 Å². The van der Waals surface area contributed by atoms with Gasteiger partial charge in [-0.3, -0.25) is 0 Å². The van der Waals surface area contributed by atoms with Gasteiger partial charge in [0.05, 0.1) is 7.11 Å². The van der Waals surface area contributed by atoms with Crippen LogP contribution in [0.25, 0.3) is 0 Å². The quantitative estimate of drug-likeness (QED) is 0.128. The molecule has 0 aliphatic heterocycles. The van der Waals surface area contributed by atoms with Crippen molar-refractivity contribution < 1.29 is 30.3 Å². The van der Waals surface area contributed by atoms with Crippen LogP contribution in [0, 0.1) is 0 Å². The van der Waals surface area contributed by atoms with E-state index in [1.54, 1.807) is 55.6 Å². The molecule has 0 radical (unpaired) electrons. The Kier molecular flexibility index (Phi) is 8.53. The molecule has 5 aromatic carbocycles. The molecule has 0 saturated heterocycles. The minimum Gasteiger partial charge on any atom is -0.508 e. The average Bonchev–Trinajstić information content (AvgIpc) is 2.98. The first-order chi connectivity index (χ1) is 20.3. The summed E-state index contributed by atoms with van der Waals surface area (Å²) in [5.74, 6) is 1.51. The number of rotatable bonds is 10. The normalized spacial score (nSPS) is 11.0. The molecule has 0 aromatic heterocycles. The van der Waals surface area contributed by atoms with Gasteiger partial charge in [-0.25, -0.2) is 0 Å². The summed E-state index contributed by atoms with van der Waals surface area (Å²) in [7, 11) is 1.59. The summed E-state index contributed by atoms with van der Waals surface area (Å²) < 4.78 is 5.74. The van der Waals surface area contributed by atoms with E-state index >= 15 is 0 Å². The van der Waals surface area contributed by atoms with E-state index in [0.717, 1.165) is 44.5 Å². The number of phenols is 5. The Morgan fingerprint density at radius 2 is 0.929 bits per heavy atom. The molecule has 0 heterocycles. The van der Waals surface area contributed by atoms with E-state index in [-0.39, 0.29) is 28.7 Å².